The van der Waals surface area contributed by atoms with Crippen LogP contribution in [-0.4, -0.2) is 60.4 Å². The third-order valence-corrected chi connectivity index (χ3v) is 4.15. The zero-order valence-corrected chi connectivity index (χ0v) is 17.7. The van der Waals surface area contributed by atoms with Gasteiger partial charge < -0.3 is 24.4 Å². The van der Waals surface area contributed by atoms with Crippen molar-refractivity contribution in [2.75, 3.05) is 26.3 Å². The molecule has 1 heterocycles. The van der Waals surface area contributed by atoms with Crippen LogP contribution >= 0.6 is 0 Å². The van der Waals surface area contributed by atoms with Gasteiger partial charge in [0, 0.05) is 6.54 Å². The van der Waals surface area contributed by atoms with Crippen LogP contribution in [0.1, 0.15) is 40.2 Å². The fourth-order valence-corrected chi connectivity index (χ4v) is 2.73. The molecule has 0 aliphatic carbocycles. The second-order valence-electron chi connectivity index (χ2n) is 8.71. The van der Waals surface area contributed by atoms with Crippen LogP contribution in [0.5, 0.6) is 5.75 Å². The number of para-hydroxylation sites is 1. The summed E-state index contributed by atoms with van der Waals surface area (Å²) in [6.45, 7) is 12.3. The second kappa shape index (κ2) is 8.82. The van der Waals surface area contributed by atoms with Gasteiger partial charge in [0.15, 0.2) is 6.10 Å². The first-order valence-electron chi connectivity index (χ1n) is 9.57. The van der Waals surface area contributed by atoms with Crippen LogP contribution in [0.4, 0.5) is 4.79 Å². The molecule has 7 nitrogen and oxygen atoms in total. The van der Waals surface area contributed by atoms with E-state index in [2.05, 4.69) is 5.32 Å². The number of aryl methyl sites for hydroxylation is 1. The van der Waals surface area contributed by atoms with Crippen LogP contribution in [-0.2, 0) is 14.3 Å². The molecule has 28 heavy (non-hydrogen) atoms. The molecule has 1 aromatic rings. The monoisotopic (exact) mass is 392 g/mol. The highest BCUT2D eigenvalue weighted by molar-refractivity contribution is 5.82. The molecule has 0 bridgehead atoms. The van der Waals surface area contributed by atoms with E-state index >= 15 is 0 Å². The molecule has 156 valence electrons. The topological polar surface area (TPSA) is 77.1 Å². The van der Waals surface area contributed by atoms with Crippen LogP contribution in [0.3, 0.4) is 0 Å². The first-order chi connectivity index (χ1) is 13.0. The lowest BCUT2D eigenvalue weighted by Crippen LogP contribution is -2.57. The normalized spacial score (nSPS) is 17.8. The van der Waals surface area contributed by atoms with Crippen LogP contribution in [0.25, 0.3) is 0 Å². The third-order valence-electron chi connectivity index (χ3n) is 4.15. The number of benzene rings is 1. The first kappa shape index (κ1) is 22.0. The van der Waals surface area contributed by atoms with Crippen molar-refractivity contribution in [2.45, 2.75) is 58.8 Å². The maximum absolute atomic E-state index is 12.7. The maximum Gasteiger partial charge on any atom is 0.410 e. The fourth-order valence-electron chi connectivity index (χ4n) is 2.73. The number of hydrogen-bond donors (Lipinski definition) is 1. The van der Waals surface area contributed by atoms with Crippen LogP contribution in [0.2, 0.25) is 0 Å². The average molecular weight is 392 g/mol. The molecule has 0 unspecified atom stereocenters. The van der Waals surface area contributed by atoms with Gasteiger partial charge >= 0.3 is 6.09 Å². The summed E-state index contributed by atoms with van der Waals surface area (Å²) in [4.78, 5) is 26.4. The first-order valence-corrected chi connectivity index (χ1v) is 9.57. The number of amides is 2. The smallest absolute Gasteiger partial charge is 0.410 e. The van der Waals surface area contributed by atoms with E-state index < -0.39 is 23.3 Å². The summed E-state index contributed by atoms with van der Waals surface area (Å²) in [5.41, 5.74) is -0.146. The van der Waals surface area contributed by atoms with E-state index in [1.54, 1.807) is 0 Å². The van der Waals surface area contributed by atoms with Gasteiger partial charge in [-0.3, -0.25) is 4.79 Å². The molecule has 0 spiro atoms. The van der Waals surface area contributed by atoms with E-state index in [1.807, 2.05) is 65.8 Å². The van der Waals surface area contributed by atoms with Crippen molar-refractivity contribution < 1.29 is 23.8 Å². The van der Waals surface area contributed by atoms with E-state index in [0.29, 0.717) is 13.2 Å². The standard InChI is InChI=1S/C21H32N2O5/c1-15-9-7-8-10-16(15)27-14-21(5,6)22-18(24)17-13-23(11-12-26-17)19(25)28-20(2,3)4/h7-10,17H,11-14H2,1-6H3,(H,22,24)/t17-/m0/s1. The molecule has 1 atom stereocenters. The molecule has 1 aliphatic rings. The molecule has 1 saturated heterocycles. The van der Waals surface area contributed by atoms with Gasteiger partial charge in [-0.15, -0.1) is 0 Å². The summed E-state index contributed by atoms with van der Waals surface area (Å²) in [6.07, 6.45) is -1.17. The van der Waals surface area contributed by atoms with Gasteiger partial charge in [-0.05, 0) is 53.2 Å². The number of carbonyl (C=O) groups excluding carboxylic acids is 2. The predicted molar refractivity (Wildman–Crippen MR) is 106 cm³/mol. The van der Waals surface area contributed by atoms with Gasteiger partial charge in [-0.1, -0.05) is 18.2 Å². The van der Waals surface area contributed by atoms with E-state index in [9.17, 15) is 9.59 Å². The third kappa shape index (κ3) is 6.71. The van der Waals surface area contributed by atoms with Crippen molar-refractivity contribution in [2.24, 2.45) is 0 Å². The Bertz CT molecular complexity index is 696. The molecule has 0 aromatic heterocycles. The van der Waals surface area contributed by atoms with E-state index in [-0.39, 0.29) is 19.1 Å². The molecule has 0 saturated carbocycles. The zero-order valence-electron chi connectivity index (χ0n) is 17.7. The lowest BCUT2D eigenvalue weighted by Gasteiger charge is -2.35. The number of nitrogens with zero attached hydrogens (tertiary/aromatic N) is 1. The lowest BCUT2D eigenvalue weighted by atomic mass is 10.1. The minimum absolute atomic E-state index is 0.162. The summed E-state index contributed by atoms with van der Waals surface area (Å²) in [7, 11) is 0. The molecular weight excluding hydrogens is 360 g/mol. The summed E-state index contributed by atoms with van der Waals surface area (Å²) < 4.78 is 16.8. The number of nitrogens with one attached hydrogen (secondary N) is 1. The Hall–Kier alpha value is -2.28. The molecular formula is C21H32N2O5. The van der Waals surface area contributed by atoms with Crippen molar-refractivity contribution in [3.8, 4) is 5.75 Å². The highest BCUT2D eigenvalue weighted by atomic mass is 16.6. The second-order valence-corrected chi connectivity index (χ2v) is 8.71. The molecule has 0 radical (unpaired) electrons. The Balaban J connectivity index is 1.89. The Kier molecular flexibility index (Phi) is 6.93. The van der Waals surface area contributed by atoms with Gasteiger partial charge in [0.2, 0.25) is 0 Å². The predicted octanol–water partition coefficient (Wildman–Crippen LogP) is 2.90. The zero-order chi connectivity index (χ0) is 20.9. The summed E-state index contributed by atoms with van der Waals surface area (Å²) in [6, 6.07) is 7.74. The number of hydrogen-bond acceptors (Lipinski definition) is 5. The van der Waals surface area contributed by atoms with Crippen molar-refractivity contribution in [3.63, 3.8) is 0 Å². The Morgan fingerprint density at radius 1 is 1.21 bits per heavy atom. The molecule has 2 rings (SSSR count). The van der Waals surface area contributed by atoms with Gasteiger partial charge in [0.05, 0.1) is 18.7 Å². The van der Waals surface area contributed by atoms with E-state index in [0.717, 1.165) is 11.3 Å². The van der Waals surface area contributed by atoms with Gasteiger partial charge in [-0.2, -0.15) is 0 Å². The molecule has 7 heteroatoms. The largest absolute Gasteiger partial charge is 0.491 e. The lowest BCUT2D eigenvalue weighted by molar-refractivity contribution is -0.140. The van der Waals surface area contributed by atoms with Crippen molar-refractivity contribution in [3.05, 3.63) is 29.8 Å². The Labute approximate surface area is 167 Å². The van der Waals surface area contributed by atoms with Crippen molar-refractivity contribution in [1.29, 1.82) is 0 Å². The summed E-state index contributed by atoms with van der Waals surface area (Å²) >= 11 is 0. The van der Waals surface area contributed by atoms with Crippen molar-refractivity contribution in [1.82, 2.24) is 10.2 Å². The fraction of sp³-hybridized carbons (Fsp3) is 0.619. The molecule has 2 amide bonds. The van der Waals surface area contributed by atoms with Crippen LogP contribution in [0, 0.1) is 6.92 Å². The van der Waals surface area contributed by atoms with E-state index in [4.69, 9.17) is 14.2 Å². The highest BCUT2D eigenvalue weighted by Crippen LogP contribution is 2.18. The quantitative estimate of drug-likeness (QED) is 0.834. The maximum atomic E-state index is 12.7. The van der Waals surface area contributed by atoms with Crippen molar-refractivity contribution >= 4 is 12.0 Å². The molecule has 1 aliphatic heterocycles. The van der Waals surface area contributed by atoms with E-state index in [1.165, 1.54) is 4.90 Å². The Morgan fingerprint density at radius 2 is 1.89 bits per heavy atom. The van der Waals surface area contributed by atoms with Gasteiger partial charge in [-0.25, -0.2) is 4.79 Å². The summed E-state index contributed by atoms with van der Waals surface area (Å²) in [5, 5.41) is 2.96. The molecule has 1 fully saturated rings. The van der Waals surface area contributed by atoms with Gasteiger partial charge in [0.1, 0.15) is 18.0 Å². The van der Waals surface area contributed by atoms with Gasteiger partial charge in [0.25, 0.3) is 5.91 Å². The molecule has 1 aromatic carbocycles. The summed E-state index contributed by atoms with van der Waals surface area (Å²) in [5.74, 6) is 0.515. The van der Waals surface area contributed by atoms with Crippen LogP contribution < -0.4 is 10.1 Å². The number of morpholine rings is 1. The Morgan fingerprint density at radius 3 is 2.54 bits per heavy atom. The molecule has 1 N–H and O–H groups in total. The highest BCUT2D eigenvalue weighted by Gasteiger charge is 2.34. The average Bonchev–Trinajstić information content (AvgIpc) is 2.59. The minimum atomic E-state index is -0.737. The minimum Gasteiger partial charge on any atom is -0.491 e. The van der Waals surface area contributed by atoms with Crippen LogP contribution in [0.15, 0.2) is 24.3 Å². The number of ether oxygens (including phenoxy) is 3. The number of carbonyl (C=O) groups is 2. The number of rotatable bonds is 5. The SMILES string of the molecule is Cc1ccccc1OCC(C)(C)NC(=O)[C@@H]1CN(C(=O)OC(C)(C)C)CCO1.